The molecule has 25 heavy (non-hydrogen) atoms. The van der Waals surface area contributed by atoms with Crippen LogP contribution in [-0.2, 0) is 0 Å². The molecule has 0 aliphatic carbocycles. The minimum absolute atomic E-state index is 0.0440. The molecule has 1 heterocycles. The third-order valence-corrected chi connectivity index (χ3v) is 4.20. The van der Waals surface area contributed by atoms with Crippen molar-refractivity contribution in [1.29, 1.82) is 0 Å². The highest BCUT2D eigenvalue weighted by molar-refractivity contribution is 5.94. The summed E-state index contributed by atoms with van der Waals surface area (Å²) in [6.45, 7) is 5.25. The lowest BCUT2D eigenvalue weighted by Crippen LogP contribution is -2.32. The van der Waals surface area contributed by atoms with E-state index in [-0.39, 0.29) is 17.5 Å². The summed E-state index contributed by atoms with van der Waals surface area (Å²) in [5.74, 6) is 0.565. The minimum atomic E-state index is -0.527. The highest BCUT2D eigenvalue weighted by Gasteiger charge is 2.22. The third kappa shape index (κ3) is 3.92. The first-order valence-electron chi connectivity index (χ1n) is 8.51. The molecule has 0 saturated heterocycles. The van der Waals surface area contributed by atoms with E-state index in [1.54, 1.807) is 12.1 Å². The van der Waals surface area contributed by atoms with E-state index >= 15 is 0 Å². The van der Waals surface area contributed by atoms with E-state index in [1.807, 2.05) is 32.0 Å². The number of ether oxygens (including phenoxy) is 2. The van der Waals surface area contributed by atoms with E-state index in [1.165, 1.54) is 12.1 Å². The van der Waals surface area contributed by atoms with Crippen LogP contribution in [0.5, 0.6) is 11.5 Å². The van der Waals surface area contributed by atoms with Crippen LogP contribution in [-0.4, -0.2) is 19.1 Å². The second kappa shape index (κ2) is 7.55. The van der Waals surface area contributed by atoms with Crippen LogP contribution in [0.1, 0.15) is 42.2 Å². The zero-order chi connectivity index (χ0) is 17.8. The van der Waals surface area contributed by atoms with Crippen LogP contribution < -0.4 is 14.8 Å². The maximum Gasteiger partial charge on any atom is 0.254 e. The molecule has 1 atom stereocenters. The Morgan fingerprint density at radius 1 is 1.08 bits per heavy atom. The Kier molecular flexibility index (Phi) is 5.22. The van der Waals surface area contributed by atoms with Crippen molar-refractivity contribution in [3.8, 4) is 11.5 Å². The van der Waals surface area contributed by atoms with Crippen LogP contribution in [0, 0.1) is 11.7 Å². The van der Waals surface area contributed by atoms with Crippen molar-refractivity contribution in [2.45, 2.75) is 26.3 Å². The summed E-state index contributed by atoms with van der Waals surface area (Å²) in [5.41, 5.74) is 0.950. The molecule has 5 heteroatoms. The number of rotatable bonds is 4. The van der Waals surface area contributed by atoms with Gasteiger partial charge >= 0.3 is 0 Å². The van der Waals surface area contributed by atoms with Crippen LogP contribution in [0.2, 0.25) is 0 Å². The molecular weight excluding hydrogens is 321 g/mol. The van der Waals surface area contributed by atoms with Gasteiger partial charge in [-0.3, -0.25) is 4.79 Å². The molecule has 0 radical (unpaired) electrons. The van der Waals surface area contributed by atoms with Crippen LogP contribution in [0.4, 0.5) is 4.39 Å². The second-order valence-corrected chi connectivity index (χ2v) is 6.43. The maximum atomic E-state index is 13.9. The molecule has 1 N–H and O–H groups in total. The summed E-state index contributed by atoms with van der Waals surface area (Å²) in [4.78, 5) is 12.5. The van der Waals surface area contributed by atoms with E-state index in [0.29, 0.717) is 24.7 Å². The van der Waals surface area contributed by atoms with E-state index in [0.717, 1.165) is 12.0 Å². The Hall–Kier alpha value is -2.56. The monoisotopic (exact) mass is 343 g/mol. The van der Waals surface area contributed by atoms with Gasteiger partial charge in [0.25, 0.3) is 5.91 Å². The molecule has 0 bridgehead atoms. The quantitative estimate of drug-likeness (QED) is 0.909. The maximum absolute atomic E-state index is 13.9. The van der Waals surface area contributed by atoms with Gasteiger partial charge in [-0.2, -0.15) is 0 Å². The summed E-state index contributed by atoms with van der Waals surface area (Å²) in [5, 5.41) is 2.94. The van der Waals surface area contributed by atoms with Crippen molar-refractivity contribution in [2.24, 2.45) is 5.92 Å². The van der Waals surface area contributed by atoms with E-state index < -0.39 is 11.7 Å². The number of carbonyl (C=O) groups is 1. The van der Waals surface area contributed by atoms with Crippen molar-refractivity contribution in [3.05, 3.63) is 59.4 Å². The predicted molar refractivity (Wildman–Crippen MR) is 93.5 cm³/mol. The highest BCUT2D eigenvalue weighted by atomic mass is 19.1. The number of amides is 1. The molecule has 3 rings (SSSR count). The van der Waals surface area contributed by atoms with Crippen LogP contribution in [0.15, 0.2) is 42.5 Å². The van der Waals surface area contributed by atoms with Crippen molar-refractivity contribution in [2.75, 3.05) is 13.2 Å². The number of benzene rings is 2. The average Bonchev–Trinajstić information content (AvgIpc) is 2.84. The lowest BCUT2D eigenvalue weighted by molar-refractivity contribution is 0.0921. The Morgan fingerprint density at radius 3 is 2.52 bits per heavy atom. The normalized spacial score (nSPS) is 14.7. The van der Waals surface area contributed by atoms with Gasteiger partial charge in [0.05, 0.1) is 24.8 Å². The molecule has 0 saturated carbocycles. The van der Waals surface area contributed by atoms with Gasteiger partial charge in [0.15, 0.2) is 11.5 Å². The van der Waals surface area contributed by atoms with E-state index in [9.17, 15) is 9.18 Å². The van der Waals surface area contributed by atoms with Gasteiger partial charge in [-0.05, 0) is 35.7 Å². The lowest BCUT2D eigenvalue weighted by atomic mass is 9.95. The number of halogens is 1. The molecule has 1 aliphatic heterocycles. The van der Waals surface area contributed by atoms with Crippen LogP contribution in [0.3, 0.4) is 0 Å². The highest BCUT2D eigenvalue weighted by Crippen LogP contribution is 2.34. The first kappa shape index (κ1) is 17.3. The van der Waals surface area contributed by atoms with Crippen molar-refractivity contribution < 1.29 is 18.7 Å². The number of nitrogens with one attached hydrogen (secondary N) is 1. The number of hydrogen-bond acceptors (Lipinski definition) is 3. The fourth-order valence-electron chi connectivity index (χ4n) is 2.87. The molecule has 2 aromatic carbocycles. The van der Waals surface area contributed by atoms with Crippen molar-refractivity contribution in [3.63, 3.8) is 0 Å². The zero-order valence-corrected chi connectivity index (χ0v) is 14.4. The number of fused-ring (bicyclic) bond motifs is 1. The summed E-state index contributed by atoms with van der Waals surface area (Å²) in [6, 6.07) is 11.4. The van der Waals surface area contributed by atoms with Gasteiger partial charge in [0, 0.05) is 6.42 Å². The summed E-state index contributed by atoms with van der Waals surface area (Å²) < 4.78 is 25.2. The Balaban J connectivity index is 1.85. The van der Waals surface area contributed by atoms with Gasteiger partial charge in [0.1, 0.15) is 5.82 Å². The molecule has 1 amide bonds. The summed E-state index contributed by atoms with van der Waals surface area (Å²) >= 11 is 0. The lowest BCUT2D eigenvalue weighted by Gasteiger charge is -2.24. The van der Waals surface area contributed by atoms with E-state index in [4.69, 9.17) is 9.47 Å². The Labute approximate surface area is 147 Å². The van der Waals surface area contributed by atoms with Gasteiger partial charge < -0.3 is 14.8 Å². The summed E-state index contributed by atoms with van der Waals surface area (Å²) in [6.07, 6.45) is 0.835. The van der Waals surface area contributed by atoms with Gasteiger partial charge in [-0.15, -0.1) is 0 Å². The molecule has 0 unspecified atom stereocenters. The minimum Gasteiger partial charge on any atom is -0.490 e. The Morgan fingerprint density at radius 2 is 1.80 bits per heavy atom. The molecule has 0 aromatic heterocycles. The topological polar surface area (TPSA) is 47.6 Å². The molecule has 4 nitrogen and oxygen atoms in total. The van der Waals surface area contributed by atoms with Gasteiger partial charge in [-0.1, -0.05) is 32.0 Å². The first-order valence-corrected chi connectivity index (χ1v) is 8.51. The molecule has 2 aromatic rings. The number of hydrogen-bond donors (Lipinski definition) is 1. The third-order valence-electron chi connectivity index (χ3n) is 4.20. The molecule has 1 aliphatic rings. The van der Waals surface area contributed by atoms with Crippen molar-refractivity contribution in [1.82, 2.24) is 5.32 Å². The second-order valence-electron chi connectivity index (χ2n) is 6.43. The zero-order valence-electron chi connectivity index (χ0n) is 14.4. The fourth-order valence-corrected chi connectivity index (χ4v) is 2.87. The summed E-state index contributed by atoms with van der Waals surface area (Å²) in [7, 11) is 0. The van der Waals surface area contributed by atoms with Crippen LogP contribution in [0.25, 0.3) is 0 Å². The van der Waals surface area contributed by atoms with E-state index in [2.05, 4.69) is 5.32 Å². The fraction of sp³-hybridized carbons (Fsp3) is 0.350. The largest absolute Gasteiger partial charge is 0.490 e. The SMILES string of the molecule is CC(C)[C@@H](NC(=O)c1ccccc1F)c1ccc2c(c1)OCCCO2. The molecular formula is C20H22FNO3. The van der Waals surface area contributed by atoms with Gasteiger partial charge in [0.2, 0.25) is 0 Å². The van der Waals surface area contributed by atoms with Crippen molar-refractivity contribution >= 4 is 5.91 Å². The molecule has 0 fully saturated rings. The average molecular weight is 343 g/mol. The Bertz CT molecular complexity index is 760. The van der Waals surface area contributed by atoms with Gasteiger partial charge in [-0.25, -0.2) is 4.39 Å². The smallest absolute Gasteiger partial charge is 0.254 e. The number of carbonyl (C=O) groups excluding carboxylic acids is 1. The molecule has 0 spiro atoms. The molecule has 132 valence electrons. The first-order chi connectivity index (χ1) is 12.1. The standard InChI is InChI=1S/C20H22FNO3/c1-13(2)19(22-20(23)15-6-3-4-7-16(15)21)14-8-9-17-18(12-14)25-11-5-10-24-17/h3-4,6-9,12-13,19H,5,10-11H2,1-2H3,(H,22,23)/t19-/m1/s1. The van der Waals surface area contributed by atoms with Crippen LogP contribution >= 0.6 is 0 Å². The predicted octanol–water partition coefficient (Wildman–Crippen LogP) is 4.11.